The van der Waals surface area contributed by atoms with Crippen molar-refractivity contribution in [1.82, 2.24) is 5.32 Å². The van der Waals surface area contributed by atoms with Crippen LogP contribution < -0.4 is 5.32 Å². The van der Waals surface area contributed by atoms with E-state index in [2.05, 4.69) is 5.32 Å². The second kappa shape index (κ2) is 6.34. The Kier molecular flexibility index (Phi) is 4.48. The third-order valence-electron chi connectivity index (χ3n) is 3.30. The predicted octanol–water partition coefficient (Wildman–Crippen LogP) is 5.02. The highest BCUT2D eigenvalue weighted by molar-refractivity contribution is 7.99. The molecule has 3 rings (SSSR count). The number of nitrogens with one attached hydrogen (secondary N) is 1. The molecule has 1 N–H and O–H groups in total. The Morgan fingerprint density at radius 2 is 1.95 bits per heavy atom. The van der Waals surface area contributed by atoms with Gasteiger partial charge in [-0.25, -0.2) is 8.78 Å². The van der Waals surface area contributed by atoms with Gasteiger partial charge >= 0.3 is 0 Å². The summed E-state index contributed by atoms with van der Waals surface area (Å²) in [6, 6.07) is 9.65. The molecule has 0 saturated heterocycles. The minimum absolute atomic E-state index is 0.259. The van der Waals surface area contributed by atoms with Crippen molar-refractivity contribution in [2.75, 3.05) is 0 Å². The fourth-order valence-electron chi connectivity index (χ4n) is 1.96. The van der Waals surface area contributed by atoms with E-state index in [-0.39, 0.29) is 4.90 Å². The summed E-state index contributed by atoms with van der Waals surface area (Å²) in [5.74, 6) is -0.882. The van der Waals surface area contributed by atoms with Crippen LogP contribution >= 0.6 is 23.4 Å². The molecule has 2 aromatic rings. The lowest BCUT2D eigenvalue weighted by atomic mass is 10.2. The van der Waals surface area contributed by atoms with Gasteiger partial charge in [-0.05, 0) is 48.7 Å². The zero-order valence-electron chi connectivity index (χ0n) is 11.2. The van der Waals surface area contributed by atoms with Crippen LogP contribution in [-0.2, 0) is 6.54 Å². The Bertz CT molecular complexity index is 659. The average Bonchev–Trinajstić information content (AvgIpc) is 3.26. The van der Waals surface area contributed by atoms with Gasteiger partial charge in [0.15, 0.2) is 0 Å². The van der Waals surface area contributed by atoms with Gasteiger partial charge in [0, 0.05) is 22.5 Å². The fourth-order valence-corrected chi connectivity index (χ4v) is 3.17. The molecule has 1 aliphatic carbocycles. The van der Waals surface area contributed by atoms with Crippen LogP contribution in [0.25, 0.3) is 0 Å². The van der Waals surface area contributed by atoms with E-state index in [4.69, 9.17) is 11.6 Å². The zero-order chi connectivity index (χ0) is 14.8. The largest absolute Gasteiger partial charge is 0.310 e. The second-order valence-corrected chi connectivity index (χ2v) is 6.61. The number of hydrogen-bond donors (Lipinski definition) is 1. The van der Waals surface area contributed by atoms with Crippen LogP contribution in [0.3, 0.4) is 0 Å². The van der Waals surface area contributed by atoms with Crippen LogP contribution in [0.4, 0.5) is 8.78 Å². The summed E-state index contributed by atoms with van der Waals surface area (Å²) in [4.78, 5) is 1.05. The molecular formula is C16H14ClF2NS. The van der Waals surface area contributed by atoms with Crippen molar-refractivity contribution in [3.8, 4) is 0 Å². The maximum Gasteiger partial charge on any atom is 0.137 e. The van der Waals surface area contributed by atoms with Crippen LogP contribution in [0, 0.1) is 11.6 Å². The fraction of sp³-hybridized carbons (Fsp3) is 0.250. The third-order valence-corrected chi connectivity index (χ3v) is 4.68. The summed E-state index contributed by atoms with van der Waals surface area (Å²) in [6.45, 7) is 0.739. The topological polar surface area (TPSA) is 12.0 Å². The smallest absolute Gasteiger partial charge is 0.137 e. The molecule has 1 saturated carbocycles. The summed E-state index contributed by atoms with van der Waals surface area (Å²) in [7, 11) is 0. The first-order valence-corrected chi connectivity index (χ1v) is 7.96. The molecule has 5 heteroatoms. The van der Waals surface area contributed by atoms with E-state index in [1.807, 2.05) is 12.1 Å². The molecule has 21 heavy (non-hydrogen) atoms. The monoisotopic (exact) mass is 325 g/mol. The van der Waals surface area contributed by atoms with E-state index in [0.717, 1.165) is 29.1 Å². The van der Waals surface area contributed by atoms with Gasteiger partial charge in [0.2, 0.25) is 0 Å². The predicted molar refractivity (Wildman–Crippen MR) is 81.8 cm³/mol. The van der Waals surface area contributed by atoms with Crippen LogP contribution in [0.2, 0.25) is 5.02 Å². The molecule has 0 aromatic heterocycles. The van der Waals surface area contributed by atoms with Crippen molar-refractivity contribution in [3.05, 3.63) is 58.6 Å². The number of halogens is 3. The Labute approximate surface area is 131 Å². The Morgan fingerprint density at radius 1 is 1.14 bits per heavy atom. The lowest BCUT2D eigenvalue weighted by Crippen LogP contribution is -2.15. The third kappa shape index (κ3) is 3.96. The van der Waals surface area contributed by atoms with Crippen molar-refractivity contribution in [3.63, 3.8) is 0 Å². The quantitative estimate of drug-likeness (QED) is 0.828. The lowest BCUT2D eigenvalue weighted by Gasteiger charge is -2.08. The lowest BCUT2D eigenvalue weighted by molar-refractivity contribution is 0.577. The van der Waals surface area contributed by atoms with Crippen molar-refractivity contribution >= 4 is 23.4 Å². The first kappa shape index (κ1) is 14.8. The molecule has 0 unspecified atom stereocenters. The summed E-state index contributed by atoms with van der Waals surface area (Å²) in [5.41, 5.74) is 1.02. The molecule has 1 fully saturated rings. The van der Waals surface area contributed by atoms with Gasteiger partial charge in [-0.15, -0.1) is 0 Å². The Morgan fingerprint density at radius 3 is 2.67 bits per heavy atom. The van der Waals surface area contributed by atoms with Crippen LogP contribution in [-0.4, -0.2) is 6.04 Å². The van der Waals surface area contributed by atoms with Crippen molar-refractivity contribution < 1.29 is 8.78 Å². The van der Waals surface area contributed by atoms with E-state index in [9.17, 15) is 8.78 Å². The van der Waals surface area contributed by atoms with Crippen LogP contribution in [0.15, 0.2) is 46.2 Å². The Hall–Kier alpha value is -1.10. The van der Waals surface area contributed by atoms with E-state index < -0.39 is 11.6 Å². The van der Waals surface area contributed by atoms with Gasteiger partial charge in [0.1, 0.15) is 11.6 Å². The highest BCUT2D eigenvalue weighted by Gasteiger charge is 2.20. The summed E-state index contributed by atoms with van der Waals surface area (Å²) in [5, 5.41) is 4.04. The van der Waals surface area contributed by atoms with Crippen molar-refractivity contribution in [2.45, 2.75) is 35.2 Å². The Balaban J connectivity index is 1.73. The molecule has 0 atom stereocenters. The number of rotatable bonds is 5. The molecule has 0 amide bonds. The van der Waals surface area contributed by atoms with E-state index in [1.165, 1.54) is 30.7 Å². The number of benzene rings is 2. The zero-order valence-corrected chi connectivity index (χ0v) is 12.8. The first-order chi connectivity index (χ1) is 10.1. The standard InChI is InChI=1S/C16H14ClF2NS/c17-14-8-13(5-1-10(14)9-20-12-3-4-12)21-16-7-11(18)2-6-15(16)19/h1-2,5-8,12,20H,3-4,9H2. The highest BCUT2D eigenvalue weighted by atomic mass is 35.5. The maximum atomic E-state index is 13.6. The normalized spacial score (nSPS) is 14.4. The molecule has 0 bridgehead atoms. The SMILES string of the molecule is Fc1ccc(F)c(Sc2ccc(CNC3CC3)c(Cl)c2)c1. The summed E-state index contributed by atoms with van der Waals surface area (Å²) >= 11 is 7.42. The van der Waals surface area contributed by atoms with Gasteiger partial charge in [0.05, 0.1) is 4.90 Å². The minimum atomic E-state index is -0.449. The summed E-state index contributed by atoms with van der Waals surface area (Å²) < 4.78 is 26.8. The van der Waals surface area contributed by atoms with Crippen LogP contribution in [0.1, 0.15) is 18.4 Å². The molecule has 0 heterocycles. The van der Waals surface area contributed by atoms with E-state index in [0.29, 0.717) is 11.1 Å². The van der Waals surface area contributed by atoms with Gasteiger partial charge < -0.3 is 5.32 Å². The molecule has 110 valence electrons. The molecule has 1 nitrogen and oxygen atoms in total. The van der Waals surface area contributed by atoms with Crippen molar-refractivity contribution in [2.24, 2.45) is 0 Å². The van der Waals surface area contributed by atoms with E-state index in [1.54, 1.807) is 6.07 Å². The van der Waals surface area contributed by atoms with E-state index >= 15 is 0 Å². The first-order valence-electron chi connectivity index (χ1n) is 6.76. The molecular weight excluding hydrogens is 312 g/mol. The molecule has 2 aromatic carbocycles. The highest BCUT2D eigenvalue weighted by Crippen LogP contribution is 2.33. The van der Waals surface area contributed by atoms with Crippen LogP contribution in [0.5, 0.6) is 0 Å². The molecule has 0 radical (unpaired) electrons. The van der Waals surface area contributed by atoms with Gasteiger partial charge in [-0.1, -0.05) is 29.4 Å². The molecule has 0 spiro atoms. The van der Waals surface area contributed by atoms with Crippen molar-refractivity contribution in [1.29, 1.82) is 0 Å². The van der Waals surface area contributed by atoms with Gasteiger partial charge in [-0.3, -0.25) is 0 Å². The second-order valence-electron chi connectivity index (χ2n) is 5.09. The van der Waals surface area contributed by atoms with Gasteiger partial charge in [-0.2, -0.15) is 0 Å². The maximum absolute atomic E-state index is 13.6. The van der Waals surface area contributed by atoms with Gasteiger partial charge in [0.25, 0.3) is 0 Å². The molecule has 0 aliphatic heterocycles. The minimum Gasteiger partial charge on any atom is -0.310 e. The average molecular weight is 326 g/mol. The number of hydrogen-bond acceptors (Lipinski definition) is 2. The summed E-state index contributed by atoms with van der Waals surface area (Å²) in [6.07, 6.45) is 2.45. The molecule has 1 aliphatic rings.